The van der Waals surface area contributed by atoms with Crippen molar-refractivity contribution >= 4 is 5.91 Å². The van der Waals surface area contributed by atoms with Crippen LogP contribution in [-0.2, 0) is 5.54 Å². The minimum Gasteiger partial charge on any atom is -0.338 e. The van der Waals surface area contributed by atoms with Crippen molar-refractivity contribution in [2.45, 2.75) is 45.1 Å². The second kappa shape index (κ2) is 5.59. The number of piperidine rings is 1. The minimum absolute atomic E-state index is 0.0692. The molecule has 2 aromatic heterocycles. The summed E-state index contributed by atoms with van der Waals surface area (Å²) in [7, 11) is 0. The van der Waals surface area contributed by atoms with Crippen LogP contribution in [0.3, 0.4) is 0 Å². The number of amides is 1. The topological polar surface area (TPSA) is 66.8 Å². The maximum absolute atomic E-state index is 12.7. The normalized spacial score (nSPS) is 19.4. The zero-order valence-corrected chi connectivity index (χ0v) is 13.4. The molecule has 1 aliphatic heterocycles. The van der Waals surface area contributed by atoms with E-state index in [-0.39, 0.29) is 11.4 Å². The van der Waals surface area contributed by atoms with Crippen molar-refractivity contribution in [2.24, 2.45) is 0 Å². The molecule has 22 heavy (non-hydrogen) atoms. The van der Waals surface area contributed by atoms with Crippen molar-refractivity contribution in [2.75, 3.05) is 13.1 Å². The number of carbonyl (C=O) groups is 1. The highest BCUT2D eigenvalue weighted by Gasteiger charge is 2.27. The fourth-order valence-corrected chi connectivity index (χ4v) is 2.89. The SMILES string of the molecule is CC(C)(C)n1cc(C(=O)N2CCC[C@@H](c3ccn[nH]3)C2)cn1. The van der Waals surface area contributed by atoms with Gasteiger partial charge in [0.2, 0.25) is 0 Å². The Balaban J connectivity index is 1.73. The van der Waals surface area contributed by atoms with Gasteiger partial charge < -0.3 is 4.90 Å². The Bertz CT molecular complexity index is 638. The van der Waals surface area contributed by atoms with Gasteiger partial charge in [0.1, 0.15) is 0 Å². The molecule has 1 fully saturated rings. The quantitative estimate of drug-likeness (QED) is 0.926. The first kappa shape index (κ1) is 14.8. The summed E-state index contributed by atoms with van der Waals surface area (Å²) in [5, 5.41) is 11.4. The van der Waals surface area contributed by atoms with E-state index in [4.69, 9.17) is 0 Å². The third-order valence-corrected chi connectivity index (χ3v) is 4.19. The van der Waals surface area contributed by atoms with E-state index in [9.17, 15) is 4.79 Å². The van der Waals surface area contributed by atoms with Crippen LogP contribution < -0.4 is 0 Å². The van der Waals surface area contributed by atoms with Gasteiger partial charge in [-0.1, -0.05) is 0 Å². The molecule has 1 N–H and O–H groups in total. The molecule has 3 heterocycles. The Morgan fingerprint density at radius 3 is 2.86 bits per heavy atom. The van der Waals surface area contributed by atoms with Crippen LogP contribution in [0.5, 0.6) is 0 Å². The third kappa shape index (κ3) is 2.91. The molecule has 0 radical (unpaired) electrons. The van der Waals surface area contributed by atoms with E-state index in [2.05, 4.69) is 36.1 Å². The molecule has 3 rings (SSSR count). The Hall–Kier alpha value is -2.11. The van der Waals surface area contributed by atoms with Crippen LogP contribution >= 0.6 is 0 Å². The first-order valence-electron chi connectivity index (χ1n) is 7.79. The van der Waals surface area contributed by atoms with Crippen LogP contribution in [0.25, 0.3) is 0 Å². The zero-order valence-electron chi connectivity index (χ0n) is 13.4. The lowest BCUT2D eigenvalue weighted by atomic mass is 9.94. The van der Waals surface area contributed by atoms with Crippen molar-refractivity contribution < 1.29 is 4.79 Å². The summed E-state index contributed by atoms with van der Waals surface area (Å²) in [6, 6.07) is 2.00. The summed E-state index contributed by atoms with van der Waals surface area (Å²) in [6.45, 7) is 7.77. The number of aromatic amines is 1. The van der Waals surface area contributed by atoms with E-state index in [1.807, 2.05) is 21.8 Å². The third-order valence-electron chi connectivity index (χ3n) is 4.19. The molecule has 0 unspecified atom stereocenters. The van der Waals surface area contributed by atoms with Gasteiger partial charge in [0.15, 0.2) is 0 Å². The number of aromatic nitrogens is 4. The summed E-state index contributed by atoms with van der Waals surface area (Å²) in [6.07, 6.45) is 7.40. The summed E-state index contributed by atoms with van der Waals surface area (Å²) >= 11 is 0. The number of nitrogens with zero attached hydrogens (tertiary/aromatic N) is 4. The average molecular weight is 301 g/mol. The fourth-order valence-electron chi connectivity index (χ4n) is 2.89. The molecule has 118 valence electrons. The Kier molecular flexibility index (Phi) is 3.76. The lowest BCUT2D eigenvalue weighted by Gasteiger charge is -2.32. The molecular formula is C16H23N5O. The monoisotopic (exact) mass is 301 g/mol. The van der Waals surface area contributed by atoms with Crippen molar-refractivity contribution in [1.29, 1.82) is 0 Å². The predicted octanol–water partition coefficient (Wildman–Crippen LogP) is 2.38. The highest BCUT2D eigenvalue weighted by atomic mass is 16.2. The molecule has 2 aromatic rings. The van der Waals surface area contributed by atoms with E-state index >= 15 is 0 Å². The van der Waals surface area contributed by atoms with Gasteiger partial charge in [-0.25, -0.2) is 0 Å². The van der Waals surface area contributed by atoms with Crippen LogP contribution in [0.15, 0.2) is 24.7 Å². The minimum atomic E-state index is -0.112. The Morgan fingerprint density at radius 2 is 2.23 bits per heavy atom. The highest BCUT2D eigenvalue weighted by molar-refractivity contribution is 5.93. The number of nitrogens with one attached hydrogen (secondary N) is 1. The lowest BCUT2D eigenvalue weighted by Crippen LogP contribution is -2.39. The maximum atomic E-state index is 12.7. The van der Waals surface area contributed by atoms with E-state index in [0.717, 1.165) is 31.6 Å². The number of hydrogen-bond acceptors (Lipinski definition) is 3. The number of hydrogen-bond donors (Lipinski definition) is 1. The van der Waals surface area contributed by atoms with Crippen molar-refractivity contribution in [1.82, 2.24) is 24.9 Å². The molecule has 0 bridgehead atoms. The molecule has 1 saturated heterocycles. The molecule has 0 aliphatic carbocycles. The van der Waals surface area contributed by atoms with Crippen LogP contribution in [0.4, 0.5) is 0 Å². The second-order valence-corrected chi connectivity index (χ2v) is 6.95. The van der Waals surface area contributed by atoms with E-state index < -0.39 is 0 Å². The van der Waals surface area contributed by atoms with Gasteiger partial charge in [0.25, 0.3) is 5.91 Å². The molecular weight excluding hydrogens is 278 g/mol. The maximum Gasteiger partial charge on any atom is 0.257 e. The number of H-pyrrole nitrogens is 1. The number of carbonyl (C=O) groups excluding carboxylic acids is 1. The molecule has 6 heteroatoms. The first-order chi connectivity index (χ1) is 10.4. The average Bonchev–Trinajstić information content (AvgIpc) is 3.17. The molecule has 1 atom stereocenters. The second-order valence-electron chi connectivity index (χ2n) is 6.95. The highest BCUT2D eigenvalue weighted by Crippen LogP contribution is 2.26. The smallest absolute Gasteiger partial charge is 0.257 e. The predicted molar refractivity (Wildman–Crippen MR) is 83.7 cm³/mol. The summed E-state index contributed by atoms with van der Waals surface area (Å²) in [5.74, 6) is 0.414. The van der Waals surface area contributed by atoms with Crippen LogP contribution in [0, 0.1) is 0 Å². The molecule has 0 saturated carbocycles. The van der Waals surface area contributed by atoms with Crippen LogP contribution in [-0.4, -0.2) is 43.9 Å². The van der Waals surface area contributed by atoms with Gasteiger partial charge >= 0.3 is 0 Å². The van der Waals surface area contributed by atoms with Gasteiger partial charge in [0.05, 0.1) is 17.3 Å². The lowest BCUT2D eigenvalue weighted by molar-refractivity contribution is 0.0705. The Morgan fingerprint density at radius 1 is 1.41 bits per heavy atom. The fraction of sp³-hybridized carbons (Fsp3) is 0.562. The number of rotatable bonds is 2. The van der Waals surface area contributed by atoms with Gasteiger partial charge in [0, 0.05) is 37.1 Å². The summed E-state index contributed by atoms with van der Waals surface area (Å²) < 4.78 is 1.84. The molecule has 1 aliphatic rings. The summed E-state index contributed by atoms with van der Waals surface area (Å²) in [5.41, 5.74) is 1.67. The zero-order chi connectivity index (χ0) is 15.7. The Labute approximate surface area is 130 Å². The molecule has 0 spiro atoms. The van der Waals surface area contributed by atoms with E-state index in [1.165, 1.54) is 0 Å². The first-order valence-corrected chi connectivity index (χ1v) is 7.79. The van der Waals surface area contributed by atoms with Gasteiger partial charge in [-0.2, -0.15) is 10.2 Å². The van der Waals surface area contributed by atoms with Crippen molar-refractivity contribution in [3.63, 3.8) is 0 Å². The number of likely N-dealkylation sites (tertiary alicyclic amines) is 1. The molecule has 6 nitrogen and oxygen atoms in total. The standard InChI is InChI=1S/C16H23N5O/c1-16(2,3)21-11-13(9-18-21)15(22)20-8-4-5-12(10-20)14-6-7-17-19-14/h6-7,9,11-12H,4-5,8,10H2,1-3H3,(H,17,19)/t12-/m1/s1. The largest absolute Gasteiger partial charge is 0.338 e. The van der Waals surface area contributed by atoms with Crippen molar-refractivity contribution in [3.8, 4) is 0 Å². The van der Waals surface area contributed by atoms with Crippen molar-refractivity contribution in [3.05, 3.63) is 35.9 Å². The van der Waals surface area contributed by atoms with E-state index in [0.29, 0.717) is 11.5 Å². The van der Waals surface area contributed by atoms with Gasteiger partial charge in [-0.05, 0) is 39.7 Å². The molecule has 0 aromatic carbocycles. The van der Waals surface area contributed by atoms with Gasteiger partial charge in [-0.3, -0.25) is 14.6 Å². The van der Waals surface area contributed by atoms with Crippen LogP contribution in [0.1, 0.15) is 55.6 Å². The van der Waals surface area contributed by atoms with E-state index in [1.54, 1.807) is 12.4 Å². The van der Waals surface area contributed by atoms with Gasteiger partial charge in [-0.15, -0.1) is 0 Å². The molecule has 1 amide bonds. The van der Waals surface area contributed by atoms with Crippen LogP contribution in [0.2, 0.25) is 0 Å². The summed E-state index contributed by atoms with van der Waals surface area (Å²) in [4.78, 5) is 14.6.